The van der Waals surface area contributed by atoms with Gasteiger partial charge in [-0.3, -0.25) is 4.79 Å². The van der Waals surface area contributed by atoms with Gasteiger partial charge in [0.25, 0.3) is 0 Å². The quantitative estimate of drug-likeness (QED) is 0.371. The molecule has 0 heterocycles. The molecule has 1 atom stereocenters. The van der Waals surface area contributed by atoms with Crippen molar-refractivity contribution < 1.29 is 9.53 Å². The average Bonchev–Trinajstić information content (AvgIpc) is 2.12. The van der Waals surface area contributed by atoms with E-state index in [0.29, 0.717) is 19.1 Å². The molecule has 0 saturated heterocycles. The predicted octanol–water partition coefficient (Wildman–Crippen LogP) is 1.49. The van der Waals surface area contributed by atoms with E-state index in [0.717, 1.165) is 13.0 Å². The number of rotatable bonds is 7. The van der Waals surface area contributed by atoms with Gasteiger partial charge >= 0.3 is 5.97 Å². The Balaban J connectivity index is 3.25. The highest BCUT2D eigenvalue weighted by Gasteiger charge is 2.00. The molecule has 0 aliphatic carbocycles. The van der Waals surface area contributed by atoms with Crippen LogP contribution in [-0.4, -0.2) is 25.2 Å². The fourth-order valence-corrected chi connectivity index (χ4v) is 0.879. The van der Waals surface area contributed by atoms with Crippen LogP contribution in [0.25, 0.3) is 0 Å². The summed E-state index contributed by atoms with van der Waals surface area (Å²) in [6.45, 7) is 8.78. The van der Waals surface area contributed by atoms with Gasteiger partial charge < -0.3 is 10.1 Å². The van der Waals surface area contributed by atoms with Gasteiger partial charge in [0.2, 0.25) is 0 Å². The van der Waals surface area contributed by atoms with Gasteiger partial charge in [-0.25, -0.2) is 0 Å². The van der Waals surface area contributed by atoms with Crippen molar-refractivity contribution in [3.05, 3.63) is 12.7 Å². The Hall–Kier alpha value is -0.830. The largest absolute Gasteiger partial charge is 0.466 e. The van der Waals surface area contributed by atoms with Gasteiger partial charge in [0.15, 0.2) is 0 Å². The van der Waals surface area contributed by atoms with Crippen molar-refractivity contribution in [2.45, 2.75) is 32.7 Å². The highest BCUT2D eigenvalue weighted by atomic mass is 16.5. The Morgan fingerprint density at radius 3 is 2.92 bits per heavy atom. The van der Waals surface area contributed by atoms with E-state index >= 15 is 0 Å². The van der Waals surface area contributed by atoms with Gasteiger partial charge in [-0.05, 0) is 26.8 Å². The van der Waals surface area contributed by atoms with Gasteiger partial charge in [-0.1, -0.05) is 6.08 Å². The van der Waals surface area contributed by atoms with Crippen molar-refractivity contribution in [3.8, 4) is 0 Å². The van der Waals surface area contributed by atoms with E-state index < -0.39 is 0 Å². The summed E-state index contributed by atoms with van der Waals surface area (Å²) in [4.78, 5) is 10.9. The van der Waals surface area contributed by atoms with Crippen molar-refractivity contribution >= 4 is 5.97 Å². The molecule has 0 amide bonds. The minimum atomic E-state index is -0.115. The van der Waals surface area contributed by atoms with Crippen LogP contribution in [0.2, 0.25) is 0 Å². The van der Waals surface area contributed by atoms with Gasteiger partial charge in [-0.15, -0.1) is 6.58 Å². The Labute approximate surface area is 80.2 Å². The van der Waals surface area contributed by atoms with E-state index in [-0.39, 0.29) is 5.97 Å². The molecule has 0 aromatic heterocycles. The topological polar surface area (TPSA) is 38.3 Å². The number of hydrogen-bond donors (Lipinski definition) is 1. The van der Waals surface area contributed by atoms with Crippen LogP contribution in [0.1, 0.15) is 26.7 Å². The fraction of sp³-hybridized carbons (Fsp3) is 0.700. The van der Waals surface area contributed by atoms with E-state index in [1.54, 1.807) is 0 Å². The maximum atomic E-state index is 10.9. The summed E-state index contributed by atoms with van der Waals surface area (Å²) in [5.74, 6) is -0.115. The van der Waals surface area contributed by atoms with Crippen LogP contribution >= 0.6 is 0 Å². The molecule has 3 nitrogen and oxygen atoms in total. The predicted molar refractivity (Wildman–Crippen MR) is 53.5 cm³/mol. The zero-order valence-corrected chi connectivity index (χ0v) is 8.51. The molecule has 13 heavy (non-hydrogen) atoms. The summed E-state index contributed by atoms with van der Waals surface area (Å²) in [5, 5.41) is 3.20. The Morgan fingerprint density at radius 2 is 2.38 bits per heavy atom. The lowest BCUT2D eigenvalue weighted by molar-refractivity contribution is -0.143. The molecular weight excluding hydrogens is 166 g/mol. The maximum Gasteiger partial charge on any atom is 0.305 e. The summed E-state index contributed by atoms with van der Waals surface area (Å²) >= 11 is 0. The molecule has 0 fully saturated rings. The molecule has 3 heteroatoms. The molecule has 0 aliphatic rings. The first-order valence-electron chi connectivity index (χ1n) is 4.72. The first-order chi connectivity index (χ1) is 6.20. The molecule has 1 N–H and O–H groups in total. The molecule has 0 radical (unpaired) electrons. The van der Waals surface area contributed by atoms with Crippen LogP contribution in [0.5, 0.6) is 0 Å². The van der Waals surface area contributed by atoms with Crippen LogP contribution in [0.3, 0.4) is 0 Å². The maximum absolute atomic E-state index is 10.9. The van der Waals surface area contributed by atoms with E-state index in [1.807, 2.05) is 19.9 Å². The summed E-state index contributed by atoms with van der Waals surface area (Å²) in [6.07, 6.45) is 3.14. The molecule has 0 rings (SSSR count). The summed E-state index contributed by atoms with van der Waals surface area (Å²) in [7, 11) is 0. The number of hydrogen-bond acceptors (Lipinski definition) is 3. The first kappa shape index (κ1) is 12.2. The zero-order chi connectivity index (χ0) is 10.1. The summed E-state index contributed by atoms with van der Waals surface area (Å²) in [6, 6.07) is 0.308. The van der Waals surface area contributed by atoms with E-state index in [9.17, 15) is 4.79 Å². The van der Waals surface area contributed by atoms with Crippen molar-refractivity contribution in [3.63, 3.8) is 0 Å². The van der Waals surface area contributed by atoms with Crippen LogP contribution in [0.15, 0.2) is 12.7 Å². The molecule has 0 saturated carbocycles. The van der Waals surface area contributed by atoms with E-state index in [2.05, 4.69) is 11.9 Å². The van der Waals surface area contributed by atoms with E-state index in [1.165, 1.54) is 0 Å². The third kappa shape index (κ3) is 7.53. The minimum Gasteiger partial charge on any atom is -0.466 e. The molecule has 0 aromatic carbocycles. The number of nitrogens with one attached hydrogen (secondary N) is 1. The second-order valence-corrected chi connectivity index (χ2v) is 2.89. The molecule has 1 unspecified atom stereocenters. The third-order valence-corrected chi connectivity index (χ3v) is 1.68. The number of esters is 1. The van der Waals surface area contributed by atoms with Crippen molar-refractivity contribution in [1.29, 1.82) is 0 Å². The highest BCUT2D eigenvalue weighted by molar-refractivity contribution is 5.69. The normalized spacial score (nSPS) is 12.2. The summed E-state index contributed by atoms with van der Waals surface area (Å²) in [5.41, 5.74) is 0. The van der Waals surface area contributed by atoms with Gasteiger partial charge in [0.1, 0.15) is 0 Å². The minimum absolute atomic E-state index is 0.115. The first-order valence-corrected chi connectivity index (χ1v) is 4.72. The van der Waals surface area contributed by atoms with Gasteiger partial charge in [0.05, 0.1) is 6.61 Å². The zero-order valence-electron chi connectivity index (χ0n) is 8.51. The van der Waals surface area contributed by atoms with Crippen LogP contribution < -0.4 is 5.32 Å². The lowest BCUT2D eigenvalue weighted by atomic mass is 10.3. The van der Waals surface area contributed by atoms with Crippen molar-refractivity contribution in [2.75, 3.05) is 13.2 Å². The number of ether oxygens (including phenoxy) is 1. The summed E-state index contributed by atoms with van der Waals surface area (Å²) < 4.78 is 4.79. The number of carbonyl (C=O) groups excluding carboxylic acids is 1. The van der Waals surface area contributed by atoms with Crippen molar-refractivity contribution in [2.24, 2.45) is 0 Å². The highest BCUT2D eigenvalue weighted by Crippen LogP contribution is 1.92. The van der Waals surface area contributed by atoms with E-state index in [4.69, 9.17) is 4.74 Å². The smallest absolute Gasteiger partial charge is 0.305 e. The van der Waals surface area contributed by atoms with Crippen LogP contribution in [-0.2, 0) is 9.53 Å². The SMILES string of the molecule is C=CC(C)NCCCC(=O)OCC. The fourth-order valence-electron chi connectivity index (χ4n) is 0.879. The van der Waals surface area contributed by atoms with Crippen LogP contribution in [0, 0.1) is 0 Å². The molecule has 0 aliphatic heterocycles. The van der Waals surface area contributed by atoms with Crippen molar-refractivity contribution in [1.82, 2.24) is 5.32 Å². The Kier molecular flexibility index (Phi) is 7.30. The average molecular weight is 185 g/mol. The lowest BCUT2D eigenvalue weighted by Gasteiger charge is -2.07. The Morgan fingerprint density at radius 1 is 1.69 bits per heavy atom. The lowest BCUT2D eigenvalue weighted by Crippen LogP contribution is -2.25. The Bertz CT molecular complexity index is 157. The second-order valence-electron chi connectivity index (χ2n) is 2.89. The van der Waals surface area contributed by atoms with Gasteiger partial charge in [-0.2, -0.15) is 0 Å². The monoisotopic (exact) mass is 185 g/mol. The molecule has 0 bridgehead atoms. The number of carbonyl (C=O) groups is 1. The second kappa shape index (κ2) is 7.80. The molecular formula is C10H19NO2. The molecule has 0 aromatic rings. The van der Waals surface area contributed by atoms with Crippen LogP contribution in [0.4, 0.5) is 0 Å². The molecule has 76 valence electrons. The molecule has 0 spiro atoms. The third-order valence-electron chi connectivity index (χ3n) is 1.68. The standard InChI is InChI=1S/C10H19NO2/c1-4-9(3)11-8-6-7-10(12)13-5-2/h4,9,11H,1,5-8H2,2-3H3. The van der Waals surface area contributed by atoms with Gasteiger partial charge in [0, 0.05) is 12.5 Å².